The van der Waals surface area contributed by atoms with Gasteiger partial charge < -0.3 is 15.3 Å². The number of amides is 2. The Kier molecular flexibility index (Phi) is 4.32. The van der Waals surface area contributed by atoms with Gasteiger partial charge in [0.15, 0.2) is 0 Å². The van der Waals surface area contributed by atoms with Gasteiger partial charge >= 0.3 is 5.97 Å². The molecule has 0 atom stereocenters. The summed E-state index contributed by atoms with van der Waals surface area (Å²) in [6.45, 7) is 0.565. The van der Waals surface area contributed by atoms with Crippen LogP contribution < -0.4 is 5.32 Å². The van der Waals surface area contributed by atoms with E-state index in [1.54, 1.807) is 0 Å². The summed E-state index contributed by atoms with van der Waals surface area (Å²) in [5, 5.41) is 11.1. The third-order valence-corrected chi connectivity index (χ3v) is 2.97. The number of rotatable bonds is 3. The van der Waals surface area contributed by atoms with Crippen LogP contribution >= 0.6 is 0 Å². The molecule has 0 saturated carbocycles. The van der Waals surface area contributed by atoms with Gasteiger partial charge in [-0.3, -0.25) is 9.59 Å². The van der Waals surface area contributed by atoms with E-state index in [2.05, 4.69) is 5.32 Å². The Morgan fingerprint density at radius 3 is 2.76 bits per heavy atom. The van der Waals surface area contributed by atoms with Crippen LogP contribution in [0.1, 0.15) is 15.9 Å². The van der Waals surface area contributed by atoms with Crippen LogP contribution in [0.3, 0.4) is 0 Å². The summed E-state index contributed by atoms with van der Waals surface area (Å²) in [4.78, 5) is 35.0. The van der Waals surface area contributed by atoms with E-state index >= 15 is 0 Å². The maximum absolute atomic E-state index is 13.9. The normalized spacial score (nSPS) is 15.1. The molecule has 110 valence electrons. The fourth-order valence-corrected chi connectivity index (χ4v) is 1.96. The van der Waals surface area contributed by atoms with Gasteiger partial charge in [0, 0.05) is 19.2 Å². The zero-order valence-electron chi connectivity index (χ0n) is 11.0. The Labute approximate surface area is 119 Å². The SMILES string of the molecule is O=C(O)C=Cc1ccc(C(=O)N2CCNC(=O)C2)c(F)c1. The first-order valence-corrected chi connectivity index (χ1v) is 6.24. The number of hydrogen-bond donors (Lipinski definition) is 2. The van der Waals surface area contributed by atoms with E-state index in [9.17, 15) is 18.8 Å². The standard InChI is InChI=1S/C14H13FN2O4/c15-11-7-9(2-4-13(19)20)1-3-10(11)14(21)17-6-5-16-12(18)8-17/h1-4,7H,5-6,8H2,(H,16,18)(H,19,20). The van der Waals surface area contributed by atoms with E-state index in [1.165, 1.54) is 23.1 Å². The van der Waals surface area contributed by atoms with Crippen molar-refractivity contribution >= 4 is 23.9 Å². The summed E-state index contributed by atoms with van der Waals surface area (Å²) in [6.07, 6.45) is 2.11. The van der Waals surface area contributed by atoms with Gasteiger partial charge in [0.05, 0.1) is 12.1 Å². The minimum Gasteiger partial charge on any atom is -0.478 e. The summed E-state index contributed by atoms with van der Waals surface area (Å²) < 4.78 is 13.9. The maximum atomic E-state index is 13.9. The van der Waals surface area contributed by atoms with Crippen LogP contribution in [0.25, 0.3) is 6.08 Å². The summed E-state index contributed by atoms with van der Waals surface area (Å²) in [5.74, 6) is -2.74. The number of carboxylic acid groups (broad SMARTS) is 1. The second kappa shape index (κ2) is 6.17. The summed E-state index contributed by atoms with van der Waals surface area (Å²) >= 11 is 0. The second-order valence-electron chi connectivity index (χ2n) is 4.49. The summed E-state index contributed by atoms with van der Waals surface area (Å²) in [7, 11) is 0. The molecule has 1 aliphatic rings. The van der Waals surface area contributed by atoms with Crippen molar-refractivity contribution in [2.45, 2.75) is 0 Å². The number of carbonyl (C=O) groups is 3. The van der Waals surface area contributed by atoms with E-state index < -0.39 is 17.7 Å². The highest BCUT2D eigenvalue weighted by Gasteiger charge is 2.24. The van der Waals surface area contributed by atoms with Gasteiger partial charge in [0.2, 0.25) is 5.91 Å². The monoisotopic (exact) mass is 292 g/mol. The molecule has 7 heteroatoms. The van der Waals surface area contributed by atoms with Crippen molar-refractivity contribution in [3.8, 4) is 0 Å². The molecule has 2 rings (SSSR count). The molecule has 0 aliphatic carbocycles. The number of halogens is 1. The molecule has 2 N–H and O–H groups in total. The molecule has 0 bridgehead atoms. The lowest BCUT2D eigenvalue weighted by Gasteiger charge is -2.26. The van der Waals surface area contributed by atoms with Gasteiger partial charge in [-0.2, -0.15) is 0 Å². The van der Waals surface area contributed by atoms with Crippen molar-refractivity contribution in [3.63, 3.8) is 0 Å². The van der Waals surface area contributed by atoms with Crippen molar-refractivity contribution in [1.29, 1.82) is 0 Å². The first-order chi connectivity index (χ1) is 9.97. The van der Waals surface area contributed by atoms with Gasteiger partial charge in [-0.1, -0.05) is 6.07 Å². The minimum absolute atomic E-state index is 0.0983. The number of benzene rings is 1. The minimum atomic E-state index is -1.14. The smallest absolute Gasteiger partial charge is 0.328 e. The number of carboxylic acids is 1. The highest BCUT2D eigenvalue weighted by atomic mass is 19.1. The average molecular weight is 292 g/mol. The Morgan fingerprint density at radius 1 is 1.38 bits per heavy atom. The average Bonchev–Trinajstić information content (AvgIpc) is 2.44. The summed E-state index contributed by atoms with van der Waals surface area (Å²) in [6, 6.07) is 3.81. The molecule has 21 heavy (non-hydrogen) atoms. The predicted molar refractivity (Wildman–Crippen MR) is 72.0 cm³/mol. The molecule has 0 spiro atoms. The first kappa shape index (κ1) is 14.7. The quantitative estimate of drug-likeness (QED) is 0.794. The number of carbonyl (C=O) groups excluding carboxylic acids is 2. The molecule has 0 radical (unpaired) electrons. The number of piperazine rings is 1. The Balaban J connectivity index is 2.18. The lowest BCUT2D eigenvalue weighted by Crippen LogP contribution is -2.50. The molecule has 0 aromatic heterocycles. The molecule has 2 amide bonds. The van der Waals surface area contributed by atoms with Gasteiger partial charge in [-0.25, -0.2) is 9.18 Å². The van der Waals surface area contributed by atoms with Crippen molar-refractivity contribution in [3.05, 3.63) is 41.2 Å². The van der Waals surface area contributed by atoms with E-state index in [1.807, 2.05) is 0 Å². The highest BCUT2D eigenvalue weighted by Crippen LogP contribution is 2.14. The molecule has 1 saturated heterocycles. The van der Waals surface area contributed by atoms with Crippen LogP contribution in [-0.4, -0.2) is 47.4 Å². The van der Waals surface area contributed by atoms with E-state index in [4.69, 9.17) is 5.11 Å². The van der Waals surface area contributed by atoms with Gasteiger partial charge in [0.25, 0.3) is 5.91 Å². The molecular weight excluding hydrogens is 279 g/mol. The molecule has 0 unspecified atom stereocenters. The van der Waals surface area contributed by atoms with E-state index in [0.29, 0.717) is 18.7 Å². The van der Waals surface area contributed by atoms with Crippen molar-refractivity contribution in [2.24, 2.45) is 0 Å². The summed E-state index contributed by atoms with van der Waals surface area (Å²) in [5.41, 5.74) is 0.194. The van der Waals surface area contributed by atoms with Gasteiger partial charge in [0.1, 0.15) is 5.82 Å². The molecule has 1 aromatic rings. The van der Waals surface area contributed by atoms with Crippen LogP contribution in [-0.2, 0) is 9.59 Å². The number of hydrogen-bond acceptors (Lipinski definition) is 3. The molecule has 6 nitrogen and oxygen atoms in total. The third kappa shape index (κ3) is 3.65. The zero-order valence-corrected chi connectivity index (χ0v) is 11.0. The number of nitrogens with one attached hydrogen (secondary N) is 1. The van der Waals surface area contributed by atoms with E-state index in [-0.39, 0.29) is 18.0 Å². The molecular formula is C14H13FN2O4. The molecule has 1 aromatic carbocycles. The van der Waals surface area contributed by atoms with Crippen LogP contribution in [0.4, 0.5) is 4.39 Å². The van der Waals surface area contributed by atoms with Crippen molar-refractivity contribution in [1.82, 2.24) is 10.2 Å². The molecule has 1 aliphatic heterocycles. The van der Waals surface area contributed by atoms with Crippen LogP contribution in [0.5, 0.6) is 0 Å². The largest absolute Gasteiger partial charge is 0.478 e. The Morgan fingerprint density at radius 2 is 2.14 bits per heavy atom. The Hall–Kier alpha value is -2.70. The lowest BCUT2D eigenvalue weighted by atomic mass is 10.1. The van der Waals surface area contributed by atoms with E-state index in [0.717, 1.165) is 12.1 Å². The van der Waals surface area contributed by atoms with Gasteiger partial charge in [-0.15, -0.1) is 0 Å². The lowest BCUT2D eigenvalue weighted by molar-refractivity contribution is -0.131. The van der Waals surface area contributed by atoms with Crippen LogP contribution in [0.15, 0.2) is 24.3 Å². The molecule has 1 fully saturated rings. The fourth-order valence-electron chi connectivity index (χ4n) is 1.96. The fraction of sp³-hybridized carbons (Fsp3) is 0.214. The maximum Gasteiger partial charge on any atom is 0.328 e. The number of nitrogens with zero attached hydrogens (tertiary/aromatic N) is 1. The Bertz CT molecular complexity index is 627. The number of aliphatic carboxylic acids is 1. The topological polar surface area (TPSA) is 86.7 Å². The predicted octanol–water partition coefficient (Wildman–Crippen LogP) is 0.495. The van der Waals surface area contributed by atoms with Crippen LogP contribution in [0, 0.1) is 5.82 Å². The second-order valence-corrected chi connectivity index (χ2v) is 4.49. The first-order valence-electron chi connectivity index (χ1n) is 6.24. The van der Waals surface area contributed by atoms with Gasteiger partial charge in [-0.05, 0) is 23.8 Å². The highest BCUT2D eigenvalue weighted by molar-refractivity contribution is 5.97. The zero-order chi connectivity index (χ0) is 15.4. The molecule has 1 heterocycles. The third-order valence-electron chi connectivity index (χ3n) is 2.97. The van der Waals surface area contributed by atoms with Crippen LogP contribution in [0.2, 0.25) is 0 Å². The van der Waals surface area contributed by atoms with Crippen molar-refractivity contribution in [2.75, 3.05) is 19.6 Å². The van der Waals surface area contributed by atoms with Crippen molar-refractivity contribution < 1.29 is 23.9 Å².